The molecule has 8 heterocycles. The van der Waals surface area contributed by atoms with Gasteiger partial charge in [-0.2, -0.15) is 0 Å². The molecule has 3 N–H and O–H groups in total. The molecular formula is C82H84BrCl6N9O18. The van der Waals surface area contributed by atoms with Crippen LogP contribution in [-0.2, 0) is 72.2 Å². The number of ether oxygens (including phenoxy) is 11. The maximum atomic E-state index is 12.1. The van der Waals surface area contributed by atoms with Crippen LogP contribution in [0.15, 0.2) is 131 Å². The number of methoxy groups -OCH3 is 7. The average molecular weight is 1780 g/mol. The van der Waals surface area contributed by atoms with Crippen LogP contribution in [0, 0.1) is 13.8 Å². The highest BCUT2D eigenvalue weighted by atomic mass is 79.9. The Kier molecular flexibility index (Phi) is 32.8. The van der Waals surface area contributed by atoms with E-state index in [0.29, 0.717) is 119 Å². The van der Waals surface area contributed by atoms with E-state index < -0.39 is 30.4 Å². The molecule has 0 spiro atoms. The maximum Gasteiger partial charge on any atom is 0.358 e. The van der Waals surface area contributed by atoms with Crippen LogP contribution in [0.3, 0.4) is 0 Å². The molecule has 0 fully saturated rings. The third-order valence-corrected chi connectivity index (χ3v) is 20.4. The van der Waals surface area contributed by atoms with E-state index in [0.717, 1.165) is 93.8 Å². The van der Waals surface area contributed by atoms with Crippen LogP contribution in [0.5, 0.6) is 34.5 Å². The number of benzene rings is 6. The molecule has 0 saturated carbocycles. The molecule has 27 nitrogen and oxygen atoms in total. The third kappa shape index (κ3) is 23.2. The van der Waals surface area contributed by atoms with Crippen LogP contribution in [0.4, 0.5) is 0 Å². The van der Waals surface area contributed by atoms with Crippen molar-refractivity contribution in [2.24, 2.45) is 4.99 Å². The largest absolute Gasteiger partial charge is 0.495 e. The molecular weight excluding hydrogens is 1690 g/mol. The van der Waals surface area contributed by atoms with E-state index >= 15 is 0 Å². The minimum atomic E-state index is -1.10. The summed E-state index contributed by atoms with van der Waals surface area (Å²) in [4.78, 5) is 77.9. The van der Waals surface area contributed by atoms with Gasteiger partial charge in [0.05, 0.1) is 160 Å². The van der Waals surface area contributed by atoms with E-state index in [9.17, 15) is 24.0 Å². The molecule has 10 aromatic rings. The summed E-state index contributed by atoms with van der Waals surface area (Å²) in [6, 6.07) is 34.9. The Bertz CT molecular complexity index is 5230. The van der Waals surface area contributed by atoms with Gasteiger partial charge in [0.2, 0.25) is 5.90 Å². The molecule has 34 heteroatoms. The number of fused-ring (bicyclic) bond motifs is 3. The number of nitrogens with one attached hydrogen (secondary N) is 1. The first-order chi connectivity index (χ1) is 55.5. The van der Waals surface area contributed by atoms with E-state index in [2.05, 4.69) is 76.3 Å². The second kappa shape index (κ2) is 42.2. The predicted molar refractivity (Wildman–Crippen MR) is 445 cm³/mol. The van der Waals surface area contributed by atoms with E-state index in [-0.39, 0.29) is 36.4 Å². The van der Waals surface area contributed by atoms with Crippen molar-refractivity contribution < 1.29 is 86.3 Å². The first-order valence-electron chi connectivity index (χ1n) is 35.8. The number of aromatic carboxylic acids is 1. The lowest BCUT2D eigenvalue weighted by atomic mass is 10.1. The van der Waals surface area contributed by atoms with Crippen LogP contribution < -0.4 is 33.7 Å². The van der Waals surface area contributed by atoms with Gasteiger partial charge < -0.3 is 81.3 Å². The van der Waals surface area contributed by atoms with Crippen molar-refractivity contribution in [1.82, 2.24) is 39.0 Å². The molecule has 4 aromatic heterocycles. The number of amides is 1. The first-order valence-corrected chi connectivity index (χ1v) is 38.9. The summed E-state index contributed by atoms with van der Waals surface area (Å²) in [6.45, 7) is 13.9. The van der Waals surface area contributed by atoms with Crippen LogP contribution in [0.2, 0.25) is 30.1 Å². The molecule has 6 aromatic carbocycles. The summed E-state index contributed by atoms with van der Waals surface area (Å²) >= 11 is 39.3. The molecule has 14 rings (SSSR count). The van der Waals surface area contributed by atoms with Crippen LogP contribution in [0.25, 0.3) is 45.4 Å². The number of hydrogen-bond donors (Lipinski definition) is 3. The predicted octanol–water partition coefficient (Wildman–Crippen LogP) is 16.6. The van der Waals surface area contributed by atoms with Gasteiger partial charge in [-0.1, -0.05) is 69.6 Å². The van der Waals surface area contributed by atoms with Crippen molar-refractivity contribution >= 4 is 121 Å². The maximum absolute atomic E-state index is 12.1. The number of aliphatic imine (C=N–C) groups is 1. The second-order valence-corrected chi connectivity index (χ2v) is 29.2. The Morgan fingerprint density at radius 1 is 0.483 bits per heavy atom. The minimum absolute atomic E-state index is 0.0268. The van der Waals surface area contributed by atoms with Gasteiger partial charge in [0.15, 0.2) is 5.69 Å². The van der Waals surface area contributed by atoms with Gasteiger partial charge in [0, 0.05) is 69.7 Å². The van der Waals surface area contributed by atoms with Crippen molar-refractivity contribution in [1.29, 1.82) is 0 Å². The number of aryl methyl sites for hydroxylation is 2. The smallest absolute Gasteiger partial charge is 0.358 e. The third-order valence-electron chi connectivity index (χ3n) is 17.8. The number of halogens is 7. The average Bonchev–Trinajstić information content (AvgIpc) is 1.63. The fourth-order valence-electron chi connectivity index (χ4n) is 12.4. The number of aromatic nitrogens is 7. The SMILES string of the molecule is COC(=O)c1nc(-c2ccc(Cl)c(OC)c2)n2c1CCO[C@H](C)C2.COc1cc(-c2nc(-c3cc(C)nc(C)c3)c3n2C[C@@H](C)OCC3)ccc1Cl.COc1cc(-c2nc(Br)c3n2C[C@@H](C)OCC3)ccc1Cl.COc1cc(C(=O)NCC(=O)O)ccc1Cl.COc1cc(C(=O)O)ccc1Cl.COc1cc(C2=NCC(=O)O2)ccc1Cl. The Balaban J connectivity index is 0.000000163. The first kappa shape index (κ1) is 89.9. The molecule has 0 saturated heterocycles. The Labute approximate surface area is 708 Å². The van der Waals surface area contributed by atoms with Gasteiger partial charge in [0.25, 0.3) is 5.91 Å². The molecule has 4 aliphatic heterocycles. The van der Waals surface area contributed by atoms with E-state index in [1.54, 1.807) is 45.6 Å². The topological polar surface area (TPSA) is 318 Å². The fraction of sp³-hybridized carbons (Fsp3) is 0.317. The number of cyclic esters (lactones) is 1. The number of carboxylic acid groups (broad SMARTS) is 2. The van der Waals surface area contributed by atoms with Crippen molar-refractivity contribution in [2.75, 3.05) is 82.7 Å². The fourth-order valence-corrected chi connectivity index (χ4v) is 14.1. The highest BCUT2D eigenvalue weighted by Gasteiger charge is 2.30. The quantitative estimate of drug-likeness (QED) is 0.0757. The minimum Gasteiger partial charge on any atom is -0.495 e. The van der Waals surface area contributed by atoms with Gasteiger partial charge in [-0.05, 0) is 172 Å². The molecule has 116 heavy (non-hydrogen) atoms. The van der Waals surface area contributed by atoms with Crippen molar-refractivity contribution in [2.45, 2.75) is 91.8 Å². The number of carboxylic acids is 2. The zero-order chi connectivity index (χ0) is 84.2. The number of hydrogen-bond acceptors (Lipinski definition) is 21. The summed E-state index contributed by atoms with van der Waals surface area (Å²) in [5.41, 5.74) is 11.5. The van der Waals surface area contributed by atoms with Crippen LogP contribution in [0.1, 0.15) is 86.0 Å². The monoisotopic (exact) mass is 1770 g/mol. The van der Waals surface area contributed by atoms with Crippen molar-refractivity contribution in [3.05, 3.63) is 207 Å². The molecule has 3 atom stereocenters. The van der Waals surface area contributed by atoms with E-state index in [1.807, 2.05) is 73.9 Å². The van der Waals surface area contributed by atoms with Gasteiger partial charge in [-0.3, -0.25) is 14.6 Å². The number of carbonyl (C=O) groups is 5. The number of aliphatic carboxylic acids is 1. The highest BCUT2D eigenvalue weighted by molar-refractivity contribution is 9.10. The van der Waals surface area contributed by atoms with Gasteiger partial charge in [0.1, 0.15) is 69.7 Å². The van der Waals surface area contributed by atoms with Gasteiger partial charge in [-0.25, -0.2) is 34.3 Å². The zero-order valence-electron chi connectivity index (χ0n) is 65.2. The van der Waals surface area contributed by atoms with Crippen molar-refractivity contribution in [3.63, 3.8) is 0 Å². The molecule has 0 unspecified atom stereocenters. The standard InChI is InChI=1S/C22H24ClN3O2.C17H19ClN2O4.C15H16BrClN2O2.C10H10ClNO4.C10H8ClNO3.C8H7ClO3/c1-13-9-17(10-14(2)24-13)21-19-7-8-28-15(3)12-26(19)22(25-21)16-5-6-18(23)20(11-16)27-4;1-10-9-20-13(6-7-24-10)15(17(21)23-3)19-16(20)11-4-5-12(18)14(8-11)22-2;1-9-8-19-12(5-6-21-9)14(16)18-15(19)10-3-4-11(17)13(7-10)20-2;1-16-8-4-6(2-3-7(8)11)10(15)12-5-9(13)14;1-14-8-4-6(2-3-7(8)11)10-12-5-9(13)15-10;1-12-7-4-5(8(10)11)2-3-6(7)9/h5-6,9-11,15H,7-8,12H2,1-4H3;4-5,8,10H,6-7,9H2,1-3H3;3-4,7,9H,5-6,8H2,1-2H3;2-4H,5H2,1H3,(H,12,15)(H,13,14);2-4H,5H2,1H3;2-4H,1H3,(H,10,11)/t15-;10-;9-;;;/m111.../s1. The molecule has 0 radical (unpaired) electrons. The Morgan fingerprint density at radius 3 is 1.29 bits per heavy atom. The summed E-state index contributed by atoms with van der Waals surface area (Å²) in [5.74, 6) is 2.55. The second-order valence-electron chi connectivity index (χ2n) is 26.0. The molecule has 0 aliphatic carbocycles. The van der Waals surface area contributed by atoms with Crippen LogP contribution in [-0.4, -0.2) is 181 Å². The lowest BCUT2D eigenvalue weighted by Crippen LogP contribution is -2.29. The molecule has 614 valence electrons. The number of nitrogens with zero attached hydrogens (tertiary/aromatic N) is 8. The van der Waals surface area contributed by atoms with Gasteiger partial charge >= 0.3 is 23.9 Å². The molecule has 1 amide bonds. The summed E-state index contributed by atoms with van der Waals surface area (Å²) < 4.78 is 65.4. The number of imidazole rings is 3. The number of esters is 2. The molecule has 4 aliphatic rings. The van der Waals surface area contributed by atoms with E-state index in [4.69, 9.17) is 137 Å². The zero-order valence-corrected chi connectivity index (χ0v) is 71.3. The Hall–Kier alpha value is -9.98. The Morgan fingerprint density at radius 2 is 0.862 bits per heavy atom. The number of pyridine rings is 1. The number of rotatable bonds is 16. The van der Waals surface area contributed by atoms with Gasteiger partial charge in [-0.15, -0.1) is 0 Å². The summed E-state index contributed by atoms with van der Waals surface area (Å²) in [5, 5.41) is 22.2. The number of carbonyl (C=O) groups excluding carboxylic acids is 3. The summed E-state index contributed by atoms with van der Waals surface area (Å²) in [7, 11) is 10.5. The van der Waals surface area contributed by atoms with E-state index in [1.165, 1.54) is 76.2 Å². The van der Waals surface area contributed by atoms with Crippen molar-refractivity contribution in [3.8, 4) is 79.9 Å². The van der Waals surface area contributed by atoms with Crippen LogP contribution >= 0.6 is 85.5 Å². The lowest BCUT2D eigenvalue weighted by Gasteiger charge is -2.13. The highest BCUT2D eigenvalue weighted by Crippen LogP contribution is 2.39. The summed E-state index contributed by atoms with van der Waals surface area (Å²) in [6.07, 6.45) is 2.59. The normalized spacial score (nSPS) is 15.0. The lowest BCUT2D eigenvalue weighted by molar-refractivity contribution is -0.136. The molecule has 0 bridgehead atoms.